The molecule has 2 aromatic heterocycles. The van der Waals surface area contributed by atoms with Crippen LogP contribution in [0.1, 0.15) is 37.6 Å². The zero-order valence-electron chi connectivity index (χ0n) is 17.4. The van der Waals surface area contributed by atoms with Crippen molar-refractivity contribution in [2.75, 3.05) is 11.9 Å². The maximum atomic E-state index is 12.1. The number of amides is 2. The van der Waals surface area contributed by atoms with Crippen LogP contribution >= 0.6 is 0 Å². The van der Waals surface area contributed by atoms with E-state index >= 15 is 0 Å². The normalized spacial score (nSPS) is 11.2. The van der Waals surface area contributed by atoms with Crippen LogP contribution in [0.25, 0.3) is 22.6 Å². The van der Waals surface area contributed by atoms with Gasteiger partial charge in [-0.05, 0) is 31.0 Å². The molecule has 3 aromatic rings. The molecule has 3 N–H and O–H groups in total. The largest absolute Gasteiger partial charge is 0.491 e. The van der Waals surface area contributed by atoms with Crippen molar-refractivity contribution in [3.63, 3.8) is 0 Å². The van der Waals surface area contributed by atoms with E-state index in [1.54, 1.807) is 10.8 Å². The lowest BCUT2D eigenvalue weighted by Gasteiger charge is -2.09. The fourth-order valence-corrected chi connectivity index (χ4v) is 3.40. The molecule has 8 nitrogen and oxygen atoms in total. The lowest BCUT2D eigenvalue weighted by Crippen LogP contribution is -2.13. The number of nitrogens with zero attached hydrogens (tertiary/aromatic N) is 3. The molecule has 29 heavy (non-hydrogen) atoms. The fraction of sp³-hybridized carbons (Fsp3) is 0.381. The molecule has 1 aromatic carbocycles. The van der Waals surface area contributed by atoms with Gasteiger partial charge >= 0.3 is 0 Å². The number of aryl methyl sites for hydroxylation is 2. The van der Waals surface area contributed by atoms with Gasteiger partial charge in [0, 0.05) is 32.4 Å². The number of carbonyl (C=O) groups excluding carboxylic acids is 2. The van der Waals surface area contributed by atoms with E-state index in [2.05, 4.69) is 5.32 Å². The fourth-order valence-electron chi connectivity index (χ4n) is 3.40. The summed E-state index contributed by atoms with van der Waals surface area (Å²) in [5.41, 5.74) is 8.83. The Hall–Kier alpha value is -3.29. The highest BCUT2D eigenvalue weighted by Crippen LogP contribution is 2.36. The number of imidazole rings is 1. The highest BCUT2D eigenvalue weighted by molar-refractivity contribution is 5.98. The van der Waals surface area contributed by atoms with Crippen LogP contribution in [0, 0.1) is 5.92 Å². The van der Waals surface area contributed by atoms with Gasteiger partial charge in [0.1, 0.15) is 5.69 Å². The van der Waals surface area contributed by atoms with E-state index in [1.807, 2.05) is 57.6 Å². The summed E-state index contributed by atoms with van der Waals surface area (Å²) in [7, 11) is 3.72. The molecule has 0 unspecified atom stereocenters. The summed E-state index contributed by atoms with van der Waals surface area (Å²) >= 11 is 0. The Balaban J connectivity index is 2.07. The number of carbonyl (C=O) groups is 2. The van der Waals surface area contributed by atoms with Crippen LogP contribution in [0.2, 0.25) is 0 Å². The first-order valence-electron chi connectivity index (χ1n) is 9.61. The van der Waals surface area contributed by atoms with Gasteiger partial charge in [0.15, 0.2) is 11.6 Å². The average molecular weight is 397 g/mol. The minimum absolute atomic E-state index is 0.0253. The second-order valence-electron chi connectivity index (χ2n) is 7.47. The number of benzene rings is 1. The summed E-state index contributed by atoms with van der Waals surface area (Å²) in [6, 6.07) is 5.61. The van der Waals surface area contributed by atoms with E-state index in [9.17, 15) is 9.59 Å². The van der Waals surface area contributed by atoms with Crippen LogP contribution < -0.4 is 15.8 Å². The number of hydrogen-bond acceptors (Lipinski definition) is 4. The van der Waals surface area contributed by atoms with Crippen LogP contribution in [-0.4, -0.2) is 32.5 Å². The third-order valence-electron chi connectivity index (χ3n) is 4.66. The lowest BCUT2D eigenvalue weighted by atomic mass is 10.1. The Kier molecular flexibility index (Phi) is 5.63. The van der Waals surface area contributed by atoms with Crippen molar-refractivity contribution < 1.29 is 14.3 Å². The monoisotopic (exact) mass is 397 g/mol. The number of fused-ring (bicyclic) bond motifs is 1. The van der Waals surface area contributed by atoms with Crippen molar-refractivity contribution in [1.29, 1.82) is 0 Å². The predicted molar refractivity (Wildman–Crippen MR) is 113 cm³/mol. The quantitative estimate of drug-likeness (QED) is 0.639. The number of rotatable bonds is 7. The molecule has 0 saturated carbocycles. The summed E-state index contributed by atoms with van der Waals surface area (Å²) in [5, 5.41) is 2.92. The molecular formula is C21H27N5O3. The molecule has 0 radical (unpaired) electrons. The Labute approximate surface area is 169 Å². The Bertz CT molecular complexity index is 1080. The van der Waals surface area contributed by atoms with Crippen molar-refractivity contribution in [3.8, 4) is 17.3 Å². The van der Waals surface area contributed by atoms with Crippen molar-refractivity contribution in [3.05, 3.63) is 30.0 Å². The first kappa shape index (κ1) is 20.4. The first-order valence-corrected chi connectivity index (χ1v) is 9.61. The highest BCUT2D eigenvalue weighted by atomic mass is 16.5. The lowest BCUT2D eigenvalue weighted by molar-refractivity contribution is -0.116. The van der Waals surface area contributed by atoms with Crippen molar-refractivity contribution >= 4 is 28.5 Å². The molecule has 0 bridgehead atoms. The first-order chi connectivity index (χ1) is 13.7. The molecule has 0 spiro atoms. The zero-order chi connectivity index (χ0) is 21.3. The number of aromatic nitrogens is 3. The van der Waals surface area contributed by atoms with Gasteiger partial charge in [-0.1, -0.05) is 13.8 Å². The van der Waals surface area contributed by atoms with Gasteiger partial charge < -0.3 is 24.9 Å². The maximum absolute atomic E-state index is 12.1. The van der Waals surface area contributed by atoms with Crippen molar-refractivity contribution in [2.45, 2.75) is 27.2 Å². The van der Waals surface area contributed by atoms with Crippen LogP contribution in [-0.2, 0) is 18.9 Å². The minimum atomic E-state index is -0.552. The van der Waals surface area contributed by atoms with Gasteiger partial charge in [-0.25, -0.2) is 4.98 Å². The Morgan fingerprint density at radius 2 is 2.00 bits per heavy atom. The number of primary amides is 1. The van der Waals surface area contributed by atoms with Gasteiger partial charge in [-0.3, -0.25) is 9.59 Å². The summed E-state index contributed by atoms with van der Waals surface area (Å²) in [6.07, 6.45) is 2.11. The van der Waals surface area contributed by atoms with E-state index in [-0.39, 0.29) is 11.8 Å². The molecule has 0 saturated heterocycles. The standard InChI is InChI=1S/C21H27N5O3/c1-6-29-19-14(20(22)28)11-25(4)18(19)21-24-15-10-13(7-8-16(15)26(21)5)23-17(27)9-12(2)3/h7-8,10-12H,6,9H2,1-5H3,(H2,22,28)(H,23,27). The van der Waals surface area contributed by atoms with E-state index in [0.29, 0.717) is 41.5 Å². The molecular weight excluding hydrogens is 370 g/mol. The van der Waals surface area contributed by atoms with E-state index < -0.39 is 5.91 Å². The van der Waals surface area contributed by atoms with Gasteiger partial charge in [0.25, 0.3) is 5.91 Å². The van der Waals surface area contributed by atoms with Crippen molar-refractivity contribution in [2.24, 2.45) is 25.7 Å². The van der Waals surface area contributed by atoms with E-state index in [4.69, 9.17) is 15.5 Å². The SMILES string of the molecule is CCOc1c(C(N)=O)cn(C)c1-c1nc2cc(NC(=O)CC(C)C)ccc2n1C. The average Bonchev–Trinajstić information content (AvgIpc) is 3.11. The molecule has 0 aliphatic carbocycles. The number of hydrogen-bond donors (Lipinski definition) is 2. The number of nitrogens with two attached hydrogens (primary N) is 1. The highest BCUT2D eigenvalue weighted by Gasteiger charge is 2.24. The predicted octanol–water partition coefficient (Wildman–Crippen LogP) is 3.06. The Morgan fingerprint density at radius 3 is 2.62 bits per heavy atom. The molecule has 3 rings (SSSR count). The minimum Gasteiger partial charge on any atom is -0.491 e. The Morgan fingerprint density at radius 1 is 1.28 bits per heavy atom. The molecule has 154 valence electrons. The third-order valence-corrected chi connectivity index (χ3v) is 4.66. The molecule has 0 aliphatic rings. The summed E-state index contributed by atoms with van der Waals surface area (Å²) in [5.74, 6) is 0.774. The topological polar surface area (TPSA) is 104 Å². The van der Waals surface area contributed by atoms with Crippen LogP contribution in [0.15, 0.2) is 24.4 Å². The molecule has 0 atom stereocenters. The van der Waals surface area contributed by atoms with Gasteiger partial charge in [0.05, 0.1) is 23.2 Å². The summed E-state index contributed by atoms with van der Waals surface area (Å²) in [6.45, 7) is 6.25. The summed E-state index contributed by atoms with van der Waals surface area (Å²) < 4.78 is 9.45. The van der Waals surface area contributed by atoms with Crippen molar-refractivity contribution in [1.82, 2.24) is 14.1 Å². The maximum Gasteiger partial charge on any atom is 0.254 e. The number of ether oxygens (including phenoxy) is 1. The molecule has 2 amide bonds. The molecule has 0 fully saturated rings. The van der Waals surface area contributed by atoms with Crippen LogP contribution in [0.3, 0.4) is 0 Å². The number of anilines is 1. The van der Waals surface area contributed by atoms with Gasteiger partial charge in [-0.2, -0.15) is 0 Å². The second-order valence-corrected chi connectivity index (χ2v) is 7.47. The van der Waals surface area contributed by atoms with Crippen LogP contribution in [0.4, 0.5) is 5.69 Å². The number of nitrogens with one attached hydrogen (secondary N) is 1. The second kappa shape index (κ2) is 7.98. The van der Waals surface area contributed by atoms with Gasteiger partial charge in [-0.15, -0.1) is 0 Å². The third kappa shape index (κ3) is 3.96. The summed E-state index contributed by atoms with van der Waals surface area (Å²) in [4.78, 5) is 28.7. The van der Waals surface area contributed by atoms with E-state index in [1.165, 1.54) is 0 Å². The van der Waals surface area contributed by atoms with Gasteiger partial charge in [0.2, 0.25) is 5.91 Å². The molecule has 0 aliphatic heterocycles. The smallest absolute Gasteiger partial charge is 0.254 e. The zero-order valence-corrected chi connectivity index (χ0v) is 17.4. The molecule has 2 heterocycles. The molecule has 8 heteroatoms. The van der Waals surface area contributed by atoms with E-state index in [0.717, 1.165) is 11.0 Å². The van der Waals surface area contributed by atoms with Crippen LogP contribution in [0.5, 0.6) is 5.75 Å².